The van der Waals surface area contributed by atoms with Gasteiger partial charge in [0.25, 0.3) is 5.91 Å². The number of alkyl halides is 2. The number of hydrogen-bond acceptors (Lipinski definition) is 3. The molecule has 0 heterocycles. The Labute approximate surface area is 237 Å². The third kappa shape index (κ3) is 5.28. The maximum atomic E-state index is 14.5. The van der Waals surface area contributed by atoms with E-state index in [1.165, 1.54) is 12.1 Å². The molecule has 4 N–H and O–H groups in total. The second-order valence-corrected chi connectivity index (χ2v) is 11.0. The van der Waals surface area contributed by atoms with Gasteiger partial charge in [0.15, 0.2) is 5.82 Å². The van der Waals surface area contributed by atoms with E-state index >= 15 is 0 Å². The molecule has 1 aliphatic carbocycles. The van der Waals surface area contributed by atoms with Crippen LogP contribution in [0, 0.1) is 23.4 Å². The summed E-state index contributed by atoms with van der Waals surface area (Å²) in [5.74, 6) is -7.08. The molecule has 14 heteroatoms. The summed E-state index contributed by atoms with van der Waals surface area (Å²) in [6, 6.07) is 6.59. The first-order valence-electron chi connectivity index (χ1n) is 10.1. The molecule has 5 nitrogen and oxygen atoms in total. The second kappa shape index (κ2) is 10.2. The van der Waals surface area contributed by atoms with Crippen molar-refractivity contribution in [1.29, 1.82) is 0 Å². The molecule has 0 aliphatic heterocycles. The van der Waals surface area contributed by atoms with Crippen LogP contribution in [0.15, 0.2) is 36.4 Å². The average molecular weight is 632 g/mol. The van der Waals surface area contributed by atoms with Gasteiger partial charge in [-0.25, -0.2) is 13.2 Å². The predicted molar refractivity (Wildman–Crippen MR) is 141 cm³/mol. The zero-order valence-electron chi connectivity index (χ0n) is 17.9. The van der Waals surface area contributed by atoms with E-state index in [0.717, 1.165) is 24.3 Å². The number of halogens is 9. The van der Waals surface area contributed by atoms with Crippen LogP contribution in [0.5, 0.6) is 0 Å². The summed E-state index contributed by atoms with van der Waals surface area (Å²) in [6.07, 6.45) is 0. The van der Waals surface area contributed by atoms with E-state index in [9.17, 15) is 22.8 Å². The van der Waals surface area contributed by atoms with Crippen LogP contribution >= 0.6 is 69.6 Å². The van der Waals surface area contributed by atoms with Crippen molar-refractivity contribution in [3.8, 4) is 0 Å². The number of nitrogens with two attached hydrogens (primary N) is 1. The van der Waals surface area contributed by atoms with Crippen LogP contribution < -0.4 is 16.4 Å². The molecule has 4 rings (SSSR count). The fraction of sp³-hybridized carbons (Fsp3) is 0.130. The quantitative estimate of drug-likeness (QED) is 0.151. The molecule has 3 aromatic rings. The van der Waals surface area contributed by atoms with Gasteiger partial charge in [-0.2, -0.15) is 0 Å². The largest absolute Gasteiger partial charge is 0.396 e. The molecular weight excluding hydrogens is 620 g/mol. The third-order valence-corrected chi connectivity index (χ3v) is 8.12. The van der Waals surface area contributed by atoms with E-state index in [0.29, 0.717) is 5.56 Å². The summed E-state index contributed by atoms with van der Waals surface area (Å²) in [6.45, 7) is 0. The lowest BCUT2D eigenvalue weighted by Gasteiger charge is -2.12. The monoisotopic (exact) mass is 629 g/mol. The zero-order valence-corrected chi connectivity index (χ0v) is 22.4. The number of carbonyl (C=O) groups is 2. The molecule has 0 bridgehead atoms. The summed E-state index contributed by atoms with van der Waals surface area (Å²) in [5, 5.41) is 4.09. The Morgan fingerprint density at radius 1 is 0.865 bits per heavy atom. The van der Waals surface area contributed by atoms with Crippen molar-refractivity contribution < 1.29 is 22.8 Å². The average Bonchev–Trinajstić information content (AvgIpc) is 3.41. The minimum absolute atomic E-state index is 0.115. The molecule has 0 aromatic heterocycles. The molecule has 2 amide bonds. The van der Waals surface area contributed by atoms with Gasteiger partial charge >= 0.3 is 0 Å². The number of rotatable bonds is 5. The van der Waals surface area contributed by atoms with Gasteiger partial charge in [-0.1, -0.05) is 46.4 Å². The van der Waals surface area contributed by atoms with Gasteiger partial charge < -0.3 is 16.4 Å². The second-order valence-electron chi connectivity index (χ2n) is 8.02. The van der Waals surface area contributed by atoms with Gasteiger partial charge in [0.05, 0.1) is 37.3 Å². The lowest BCUT2D eigenvalue weighted by Crippen LogP contribution is -2.19. The lowest BCUT2D eigenvalue weighted by atomic mass is 10.1. The maximum absolute atomic E-state index is 14.5. The molecule has 0 saturated heterocycles. The molecule has 0 unspecified atom stereocenters. The van der Waals surface area contributed by atoms with Crippen LogP contribution in [0.4, 0.5) is 30.2 Å². The highest BCUT2D eigenvalue weighted by molar-refractivity contribution is 6.54. The van der Waals surface area contributed by atoms with Gasteiger partial charge in [-0.3, -0.25) is 9.59 Å². The molecule has 194 valence electrons. The van der Waals surface area contributed by atoms with E-state index in [2.05, 4.69) is 5.32 Å². The van der Waals surface area contributed by atoms with Gasteiger partial charge in [0, 0.05) is 11.6 Å². The maximum Gasteiger partial charge on any atom is 0.257 e. The van der Waals surface area contributed by atoms with Crippen LogP contribution in [-0.2, 0) is 4.79 Å². The van der Waals surface area contributed by atoms with E-state index < -0.39 is 67.4 Å². The predicted octanol–water partition coefficient (Wildman–Crippen LogP) is 8.08. The zero-order chi connectivity index (χ0) is 27.4. The summed E-state index contributed by atoms with van der Waals surface area (Å²) in [5.41, 5.74) is 3.84. The minimum atomic E-state index is -1.56. The molecule has 1 aliphatic rings. The van der Waals surface area contributed by atoms with Gasteiger partial charge in [-0.15, -0.1) is 23.2 Å². The smallest absolute Gasteiger partial charge is 0.257 e. The van der Waals surface area contributed by atoms with E-state index in [1.54, 1.807) is 0 Å². The highest BCUT2D eigenvalue weighted by atomic mass is 35.5. The van der Waals surface area contributed by atoms with Crippen molar-refractivity contribution in [3.63, 3.8) is 0 Å². The van der Waals surface area contributed by atoms with E-state index in [-0.39, 0.29) is 20.8 Å². The van der Waals surface area contributed by atoms with Gasteiger partial charge in [0.2, 0.25) is 5.91 Å². The van der Waals surface area contributed by atoms with E-state index in [1.807, 2.05) is 5.32 Å². The Hall–Kier alpha value is -2.07. The van der Waals surface area contributed by atoms with E-state index in [4.69, 9.17) is 75.3 Å². The lowest BCUT2D eigenvalue weighted by molar-refractivity contribution is -0.117. The summed E-state index contributed by atoms with van der Waals surface area (Å²) in [4.78, 5) is 25.7. The first-order chi connectivity index (χ1) is 17.2. The SMILES string of the molecule is Nc1ccc(F)c(NC(=O)c2cc(NC(=O)[C@H]3[C@H](c4cc(Cl)c(Cl)c(Cl)c4)C3(Cl)Cl)cc(F)c2Cl)c1F. The van der Waals surface area contributed by atoms with Gasteiger partial charge in [0.1, 0.15) is 21.7 Å². The van der Waals surface area contributed by atoms with Crippen LogP contribution in [0.2, 0.25) is 20.1 Å². The third-order valence-electron chi connectivity index (χ3n) is 5.60. The highest BCUT2D eigenvalue weighted by Crippen LogP contribution is 2.65. The number of hydrogen-bond donors (Lipinski definition) is 3. The number of nitrogen functional groups attached to an aromatic ring is 1. The van der Waals surface area contributed by atoms with Crippen molar-refractivity contribution in [1.82, 2.24) is 0 Å². The Morgan fingerprint density at radius 2 is 1.49 bits per heavy atom. The number of benzene rings is 3. The standard InChI is InChI=1S/C23H12Cl6F3N3O2/c24-10-3-7(4-11(25)18(10)27)15-16(23(15,28)29)22(37)34-8-5-9(17(26)13(31)6-8)21(36)35-20-12(30)1-2-14(33)19(20)32/h1-6,15-16H,33H2,(H,34,37)(H,35,36)/t15-,16+/m0/s1. The number of amides is 2. The van der Waals surface area contributed by atoms with Crippen molar-refractivity contribution in [2.24, 2.45) is 5.92 Å². The van der Waals surface area contributed by atoms with Crippen LogP contribution in [0.25, 0.3) is 0 Å². The highest BCUT2D eigenvalue weighted by Gasteiger charge is 2.67. The summed E-state index contributed by atoms with van der Waals surface area (Å²) < 4.78 is 41.2. The first-order valence-corrected chi connectivity index (χ1v) is 12.4. The van der Waals surface area contributed by atoms with Crippen LogP contribution in [-0.4, -0.2) is 16.1 Å². The van der Waals surface area contributed by atoms with Crippen LogP contribution in [0.1, 0.15) is 21.8 Å². The molecule has 2 atom stereocenters. The first kappa shape index (κ1) is 28.0. The van der Waals surface area contributed by atoms with Crippen molar-refractivity contribution in [2.45, 2.75) is 10.3 Å². The Kier molecular flexibility index (Phi) is 7.74. The van der Waals surface area contributed by atoms with Crippen molar-refractivity contribution in [3.05, 3.63) is 85.1 Å². The molecule has 0 spiro atoms. The number of nitrogens with one attached hydrogen (secondary N) is 2. The Balaban J connectivity index is 1.58. The van der Waals surface area contributed by atoms with Crippen LogP contribution in [0.3, 0.4) is 0 Å². The Morgan fingerprint density at radius 3 is 2.11 bits per heavy atom. The summed E-state index contributed by atoms with van der Waals surface area (Å²) >= 11 is 36.6. The molecule has 3 aromatic carbocycles. The molecular formula is C23H12Cl6F3N3O2. The number of anilines is 3. The fourth-order valence-electron chi connectivity index (χ4n) is 3.73. The minimum Gasteiger partial charge on any atom is -0.396 e. The molecule has 1 fully saturated rings. The number of carbonyl (C=O) groups excluding carboxylic acids is 2. The fourth-order valence-corrected chi connectivity index (χ4v) is 5.37. The van der Waals surface area contributed by atoms with Gasteiger partial charge in [-0.05, 0) is 42.0 Å². The normalized spacial score (nSPS) is 17.9. The van der Waals surface area contributed by atoms with Crippen molar-refractivity contribution in [2.75, 3.05) is 16.4 Å². The Bertz CT molecular complexity index is 1450. The van der Waals surface area contributed by atoms with Crippen molar-refractivity contribution >= 4 is 98.5 Å². The topological polar surface area (TPSA) is 84.2 Å². The summed E-state index contributed by atoms with van der Waals surface area (Å²) in [7, 11) is 0. The molecule has 37 heavy (non-hydrogen) atoms. The molecule has 0 radical (unpaired) electrons. The molecule has 1 saturated carbocycles.